The van der Waals surface area contributed by atoms with Crippen molar-refractivity contribution in [2.45, 2.75) is 50.5 Å². The predicted molar refractivity (Wildman–Crippen MR) is 103 cm³/mol. The number of aryl methyl sites for hydroxylation is 1. The van der Waals surface area contributed by atoms with Crippen LogP contribution in [0.5, 0.6) is 0 Å². The number of imide groups is 1. The third-order valence-electron chi connectivity index (χ3n) is 7.36. The second-order valence-corrected chi connectivity index (χ2v) is 8.82. The molecule has 2 saturated heterocycles. The summed E-state index contributed by atoms with van der Waals surface area (Å²) in [6, 6.07) is 7.33. The van der Waals surface area contributed by atoms with Crippen LogP contribution in [0.4, 0.5) is 4.79 Å². The van der Waals surface area contributed by atoms with Crippen LogP contribution in [0.15, 0.2) is 24.3 Å². The number of hydrogen-bond donors (Lipinski definition) is 1. The van der Waals surface area contributed by atoms with Gasteiger partial charge in [-0.25, -0.2) is 4.79 Å². The van der Waals surface area contributed by atoms with E-state index >= 15 is 0 Å². The number of nitrogens with one attached hydrogen (secondary N) is 1. The van der Waals surface area contributed by atoms with Gasteiger partial charge in [-0.2, -0.15) is 0 Å². The lowest BCUT2D eigenvalue weighted by Crippen LogP contribution is -2.49. The number of fused-ring (bicyclic) bond motifs is 3. The summed E-state index contributed by atoms with van der Waals surface area (Å²) < 4.78 is 0. The molecule has 3 fully saturated rings. The first-order chi connectivity index (χ1) is 13.6. The summed E-state index contributed by atoms with van der Waals surface area (Å²) in [5.41, 5.74) is 1.000. The Kier molecular flexibility index (Phi) is 4.18. The van der Waals surface area contributed by atoms with Crippen LogP contribution >= 0.6 is 0 Å². The molecule has 3 atom stereocenters. The molecule has 5 rings (SSSR count). The quantitative estimate of drug-likeness (QED) is 0.800. The van der Waals surface area contributed by atoms with E-state index in [-0.39, 0.29) is 18.4 Å². The van der Waals surface area contributed by atoms with E-state index in [9.17, 15) is 14.4 Å². The Morgan fingerprint density at radius 2 is 1.89 bits per heavy atom. The second-order valence-electron chi connectivity index (χ2n) is 8.82. The minimum absolute atomic E-state index is 0.101. The number of carbonyl (C=O) groups excluding carboxylic acids is 3. The average molecular weight is 381 g/mol. The van der Waals surface area contributed by atoms with E-state index in [0.29, 0.717) is 12.3 Å². The number of amides is 4. The third-order valence-corrected chi connectivity index (χ3v) is 7.36. The lowest BCUT2D eigenvalue weighted by molar-refractivity contribution is -0.141. The van der Waals surface area contributed by atoms with Crippen LogP contribution in [0.1, 0.15) is 49.7 Å². The highest BCUT2D eigenvalue weighted by Gasteiger charge is 2.55. The Labute approximate surface area is 165 Å². The normalized spacial score (nSPS) is 31.7. The highest BCUT2D eigenvalue weighted by atomic mass is 16.2. The fourth-order valence-electron chi connectivity index (χ4n) is 5.80. The van der Waals surface area contributed by atoms with Crippen LogP contribution in [0.2, 0.25) is 0 Å². The Bertz CT molecular complexity index is 838. The Balaban J connectivity index is 1.30. The summed E-state index contributed by atoms with van der Waals surface area (Å²) in [6.07, 6.45) is 7.40. The number of benzene rings is 1. The smallest absolute Gasteiger partial charge is 0.325 e. The molecule has 28 heavy (non-hydrogen) atoms. The van der Waals surface area contributed by atoms with Gasteiger partial charge in [-0.05, 0) is 48.6 Å². The van der Waals surface area contributed by atoms with Gasteiger partial charge in [-0.15, -0.1) is 0 Å². The first-order valence-electron chi connectivity index (χ1n) is 10.6. The molecule has 1 N–H and O–H groups in total. The number of hydrogen-bond acceptors (Lipinski definition) is 3. The molecule has 2 aliphatic heterocycles. The van der Waals surface area contributed by atoms with Gasteiger partial charge in [0.2, 0.25) is 5.91 Å². The summed E-state index contributed by atoms with van der Waals surface area (Å²) in [4.78, 5) is 41.8. The summed E-state index contributed by atoms with van der Waals surface area (Å²) in [5.74, 6) is 0.953. The van der Waals surface area contributed by atoms with Gasteiger partial charge in [0.15, 0.2) is 0 Å². The van der Waals surface area contributed by atoms with Crippen molar-refractivity contribution in [3.63, 3.8) is 0 Å². The number of piperidine rings is 1. The Morgan fingerprint density at radius 1 is 1.11 bits per heavy atom. The summed E-state index contributed by atoms with van der Waals surface area (Å²) in [7, 11) is 0. The number of carbonyl (C=O) groups is 3. The van der Waals surface area contributed by atoms with E-state index in [4.69, 9.17) is 0 Å². The molecule has 0 radical (unpaired) electrons. The molecule has 1 aromatic carbocycles. The van der Waals surface area contributed by atoms with Crippen LogP contribution in [-0.2, 0) is 21.5 Å². The summed E-state index contributed by atoms with van der Waals surface area (Å²) in [6.45, 7) is 1.38. The molecule has 1 aromatic rings. The molecule has 148 valence electrons. The molecule has 6 nitrogen and oxygen atoms in total. The standard InChI is InChI=1S/C22H27N3O3/c26-19(24-12-10-15-5-1-2-7-17(15)13-24)14-25-20(27)22(23-21(25)28)11-9-16-6-3-4-8-18(16)22/h3-4,6,8,15,17H,1-2,5,7,9-14H2,(H,23,28). The lowest BCUT2D eigenvalue weighted by Gasteiger charge is -2.41. The molecule has 4 amide bonds. The zero-order valence-electron chi connectivity index (χ0n) is 16.2. The maximum atomic E-state index is 13.2. The van der Waals surface area contributed by atoms with Gasteiger partial charge < -0.3 is 10.2 Å². The minimum Gasteiger partial charge on any atom is -0.341 e. The number of likely N-dealkylation sites (tertiary alicyclic amines) is 1. The average Bonchev–Trinajstić information content (AvgIpc) is 3.21. The van der Waals surface area contributed by atoms with E-state index < -0.39 is 11.6 Å². The summed E-state index contributed by atoms with van der Waals surface area (Å²) >= 11 is 0. The summed E-state index contributed by atoms with van der Waals surface area (Å²) in [5, 5.41) is 2.91. The van der Waals surface area contributed by atoms with Gasteiger partial charge in [0, 0.05) is 13.1 Å². The zero-order chi connectivity index (χ0) is 19.3. The monoisotopic (exact) mass is 381 g/mol. The number of nitrogens with zero attached hydrogens (tertiary/aromatic N) is 2. The van der Waals surface area contributed by atoms with Crippen molar-refractivity contribution >= 4 is 17.8 Å². The molecular formula is C22H27N3O3. The maximum absolute atomic E-state index is 13.2. The number of urea groups is 1. The van der Waals surface area contributed by atoms with Gasteiger partial charge >= 0.3 is 6.03 Å². The van der Waals surface area contributed by atoms with Gasteiger partial charge in [0.05, 0.1) is 0 Å². The van der Waals surface area contributed by atoms with Gasteiger partial charge in [0.1, 0.15) is 12.1 Å². The van der Waals surface area contributed by atoms with Crippen molar-refractivity contribution in [1.82, 2.24) is 15.1 Å². The van der Waals surface area contributed by atoms with Crippen LogP contribution < -0.4 is 5.32 Å². The Morgan fingerprint density at radius 3 is 2.75 bits per heavy atom. The molecule has 6 heteroatoms. The molecule has 1 saturated carbocycles. The molecule has 2 heterocycles. The SMILES string of the molecule is O=C(CN1C(=O)NC2(CCc3ccccc32)C1=O)N1CCC2CCCCC2C1. The van der Waals surface area contributed by atoms with E-state index in [1.165, 1.54) is 25.7 Å². The minimum atomic E-state index is -0.982. The Hall–Kier alpha value is -2.37. The van der Waals surface area contributed by atoms with E-state index in [1.807, 2.05) is 29.2 Å². The van der Waals surface area contributed by atoms with E-state index in [1.54, 1.807) is 0 Å². The molecule has 2 aliphatic carbocycles. The fraction of sp³-hybridized carbons (Fsp3) is 0.591. The highest BCUT2D eigenvalue weighted by molar-refractivity contribution is 6.09. The maximum Gasteiger partial charge on any atom is 0.325 e. The van der Waals surface area contributed by atoms with E-state index in [0.717, 1.165) is 47.9 Å². The van der Waals surface area contributed by atoms with Crippen molar-refractivity contribution in [3.05, 3.63) is 35.4 Å². The largest absolute Gasteiger partial charge is 0.341 e. The fourth-order valence-corrected chi connectivity index (χ4v) is 5.80. The van der Waals surface area contributed by atoms with Crippen LogP contribution in [-0.4, -0.2) is 47.3 Å². The van der Waals surface area contributed by atoms with Gasteiger partial charge in [-0.1, -0.05) is 43.5 Å². The van der Waals surface area contributed by atoms with Crippen molar-refractivity contribution in [1.29, 1.82) is 0 Å². The van der Waals surface area contributed by atoms with Crippen molar-refractivity contribution in [3.8, 4) is 0 Å². The zero-order valence-corrected chi connectivity index (χ0v) is 16.2. The molecular weight excluding hydrogens is 354 g/mol. The first-order valence-corrected chi connectivity index (χ1v) is 10.6. The highest BCUT2D eigenvalue weighted by Crippen LogP contribution is 2.41. The topological polar surface area (TPSA) is 69.7 Å². The molecule has 4 aliphatic rings. The second kappa shape index (κ2) is 6.61. The van der Waals surface area contributed by atoms with Crippen molar-refractivity contribution < 1.29 is 14.4 Å². The molecule has 1 spiro atoms. The van der Waals surface area contributed by atoms with Gasteiger partial charge in [0.25, 0.3) is 5.91 Å². The van der Waals surface area contributed by atoms with Crippen molar-refractivity contribution in [2.24, 2.45) is 11.8 Å². The first kappa shape index (κ1) is 17.7. The van der Waals surface area contributed by atoms with Crippen molar-refractivity contribution in [2.75, 3.05) is 19.6 Å². The van der Waals surface area contributed by atoms with E-state index in [2.05, 4.69) is 5.32 Å². The number of rotatable bonds is 2. The molecule has 0 bridgehead atoms. The predicted octanol–water partition coefficient (Wildman–Crippen LogP) is 2.42. The van der Waals surface area contributed by atoms with Crippen LogP contribution in [0.25, 0.3) is 0 Å². The van der Waals surface area contributed by atoms with Crippen LogP contribution in [0, 0.1) is 11.8 Å². The third kappa shape index (κ3) is 2.65. The molecule has 3 unspecified atom stereocenters. The van der Waals surface area contributed by atoms with Crippen LogP contribution in [0.3, 0.4) is 0 Å². The lowest BCUT2D eigenvalue weighted by atomic mass is 9.75. The molecule has 0 aromatic heterocycles. The van der Waals surface area contributed by atoms with Gasteiger partial charge in [-0.3, -0.25) is 14.5 Å².